The molecule has 6 heteroatoms. The summed E-state index contributed by atoms with van der Waals surface area (Å²) in [6.45, 7) is 6.54. The number of carbonyl (C=O) groups is 1. The fourth-order valence-electron chi connectivity index (χ4n) is 3.67. The van der Waals surface area contributed by atoms with Crippen LogP contribution in [0.1, 0.15) is 45.7 Å². The van der Waals surface area contributed by atoms with Crippen LogP contribution in [0, 0.1) is 13.8 Å². The summed E-state index contributed by atoms with van der Waals surface area (Å²) in [7, 11) is 0. The van der Waals surface area contributed by atoms with Gasteiger partial charge >= 0.3 is 5.97 Å². The summed E-state index contributed by atoms with van der Waals surface area (Å²) < 4.78 is 7.68. The van der Waals surface area contributed by atoms with Gasteiger partial charge in [0.2, 0.25) is 0 Å². The number of ether oxygens (including phenoxy) is 1. The SMILES string of the molecule is Cc1c(CNC[C@@H]2CCCO2)c(C(=O)O)c(C)n1Cc1cccc(Cl)c1. The van der Waals surface area contributed by atoms with Gasteiger partial charge in [0.05, 0.1) is 11.7 Å². The maximum absolute atomic E-state index is 11.8. The molecule has 0 amide bonds. The van der Waals surface area contributed by atoms with Crippen molar-refractivity contribution in [3.8, 4) is 0 Å². The van der Waals surface area contributed by atoms with Gasteiger partial charge in [0.25, 0.3) is 0 Å². The van der Waals surface area contributed by atoms with Crippen LogP contribution in [0.3, 0.4) is 0 Å². The Balaban J connectivity index is 1.82. The number of nitrogens with one attached hydrogen (secondary N) is 1. The van der Waals surface area contributed by atoms with Crippen molar-refractivity contribution < 1.29 is 14.6 Å². The van der Waals surface area contributed by atoms with Crippen molar-refractivity contribution in [2.75, 3.05) is 13.2 Å². The lowest BCUT2D eigenvalue weighted by molar-refractivity contribution is 0.0694. The van der Waals surface area contributed by atoms with Gasteiger partial charge in [-0.3, -0.25) is 0 Å². The first-order valence-corrected chi connectivity index (χ1v) is 9.33. The van der Waals surface area contributed by atoms with E-state index in [9.17, 15) is 9.90 Å². The van der Waals surface area contributed by atoms with Crippen LogP contribution in [0.15, 0.2) is 24.3 Å². The Morgan fingerprint density at radius 3 is 2.85 bits per heavy atom. The molecule has 1 aliphatic heterocycles. The largest absolute Gasteiger partial charge is 0.478 e. The van der Waals surface area contributed by atoms with E-state index in [2.05, 4.69) is 9.88 Å². The molecule has 0 spiro atoms. The quantitative estimate of drug-likeness (QED) is 0.772. The minimum absolute atomic E-state index is 0.234. The standard InChI is InChI=1S/C20H25ClN2O3/c1-13-18(11-22-10-17-7-4-8-26-17)19(20(24)25)14(2)23(13)12-15-5-3-6-16(21)9-15/h3,5-6,9,17,22H,4,7-8,10-12H2,1-2H3,(H,24,25)/t17-/m0/s1. The van der Waals surface area contributed by atoms with Gasteiger partial charge in [0.15, 0.2) is 0 Å². The Morgan fingerprint density at radius 2 is 2.19 bits per heavy atom. The summed E-state index contributed by atoms with van der Waals surface area (Å²) in [5, 5.41) is 13.8. The van der Waals surface area contributed by atoms with Gasteiger partial charge in [-0.15, -0.1) is 0 Å². The van der Waals surface area contributed by atoms with E-state index >= 15 is 0 Å². The molecule has 1 aliphatic rings. The first-order chi connectivity index (χ1) is 12.5. The number of aromatic nitrogens is 1. The van der Waals surface area contributed by atoms with Gasteiger partial charge in [-0.1, -0.05) is 23.7 Å². The molecule has 1 atom stereocenters. The molecule has 0 aliphatic carbocycles. The number of nitrogens with zero attached hydrogens (tertiary/aromatic N) is 1. The van der Waals surface area contributed by atoms with E-state index in [-0.39, 0.29) is 6.10 Å². The summed E-state index contributed by atoms with van der Waals surface area (Å²) in [4.78, 5) is 11.8. The summed E-state index contributed by atoms with van der Waals surface area (Å²) in [5.41, 5.74) is 4.03. The van der Waals surface area contributed by atoms with Gasteiger partial charge in [-0.05, 0) is 44.4 Å². The third-order valence-corrected chi connectivity index (χ3v) is 5.29. The van der Waals surface area contributed by atoms with Crippen molar-refractivity contribution in [2.24, 2.45) is 0 Å². The number of hydrogen-bond acceptors (Lipinski definition) is 3. The third kappa shape index (κ3) is 4.11. The van der Waals surface area contributed by atoms with Crippen molar-refractivity contribution in [1.29, 1.82) is 0 Å². The zero-order valence-corrected chi connectivity index (χ0v) is 16.0. The molecule has 1 aromatic carbocycles. The van der Waals surface area contributed by atoms with Crippen LogP contribution in [0.4, 0.5) is 0 Å². The molecule has 1 aromatic heterocycles. The summed E-state index contributed by atoms with van der Waals surface area (Å²) in [6, 6.07) is 7.66. The second kappa shape index (κ2) is 8.25. The van der Waals surface area contributed by atoms with Gasteiger partial charge in [-0.2, -0.15) is 0 Å². The third-order valence-electron chi connectivity index (χ3n) is 5.05. The second-order valence-electron chi connectivity index (χ2n) is 6.81. The molecule has 3 rings (SSSR count). The smallest absolute Gasteiger partial charge is 0.337 e. The van der Waals surface area contributed by atoms with Crippen molar-refractivity contribution in [2.45, 2.75) is 45.9 Å². The van der Waals surface area contributed by atoms with Gasteiger partial charge in [0.1, 0.15) is 0 Å². The predicted octanol–water partition coefficient (Wildman–Crippen LogP) is 3.77. The highest BCUT2D eigenvalue weighted by molar-refractivity contribution is 6.30. The van der Waals surface area contributed by atoms with Crippen molar-refractivity contribution in [1.82, 2.24) is 9.88 Å². The Bertz CT molecular complexity index is 795. The number of carboxylic acid groups (broad SMARTS) is 1. The summed E-state index contributed by atoms with van der Waals surface area (Å²) >= 11 is 6.08. The minimum atomic E-state index is -0.885. The van der Waals surface area contributed by atoms with Crippen LogP contribution >= 0.6 is 11.6 Å². The average molecular weight is 377 g/mol. The summed E-state index contributed by atoms with van der Waals surface area (Å²) in [5.74, 6) is -0.885. The number of carboxylic acids is 1. The molecular weight excluding hydrogens is 352 g/mol. The Hall–Kier alpha value is -1.82. The zero-order valence-electron chi connectivity index (χ0n) is 15.2. The van der Waals surface area contributed by atoms with Crippen LogP contribution in [-0.4, -0.2) is 34.9 Å². The van der Waals surface area contributed by atoms with E-state index in [1.807, 2.05) is 38.1 Å². The highest BCUT2D eigenvalue weighted by Gasteiger charge is 2.23. The minimum Gasteiger partial charge on any atom is -0.478 e. The molecule has 1 fully saturated rings. The molecule has 0 radical (unpaired) electrons. The fourth-order valence-corrected chi connectivity index (χ4v) is 3.88. The molecule has 0 unspecified atom stereocenters. The molecule has 0 saturated carbocycles. The van der Waals surface area contributed by atoms with Crippen LogP contribution in [0.5, 0.6) is 0 Å². The van der Waals surface area contributed by atoms with Crippen molar-refractivity contribution >= 4 is 17.6 Å². The first-order valence-electron chi connectivity index (χ1n) is 8.96. The fraction of sp³-hybridized carbons (Fsp3) is 0.450. The van der Waals surface area contributed by atoms with Crippen LogP contribution in [0.2, 0.25) is 5.02 Å². The molecule has 1 saturated heterocycles. The van der Waals surface area contributed by atoms with Crippen LogP contribution in [-0.2, 0) is 17.8 Å². The van der Waals surface area contributed by atoms with Gasteiger partial charge < -0.3 is 19.7 Å². The molecule has 140 valence electrons. The lowest BCUT2D eigenvalue weighted by Crippen LogP contribution is -2.26. The molecule has 2 heterocycles. The van der Waals surface area contributed by atoms with Crippen LogP contribution < -0.4 is 5.32 Å². The van der Waals surface area contributed by atoms with E-state index in [4.69, 9.17) is 16.3 Å². The van der Waals surface area contributed by atoms with Crippen molar-refractivity contribution in [3.63, 3.8) is 0 Å². The van der Waals surface area contributed by atoms with E-state index < -0.39 is 5.97 Å². The first kappa shape index (κ1) is 19.0. The predicted molar refractivity (Wildman–Crippen MR) is 102 cm³/mol. The Kier molecular flexibility index (Phi) is 6.01. The average Bonchev–Trinajstić information content (AvgIpc) is 3.18. The van der Waals surface area contributed by atoms with Crippen LogP contribution in [0.25, 0.3) is 0 Å². The highest BCUT2D eigenvalue weighted by atomic mass is 35.5. The number of benzene rings is 1. The van der Waals surface area contributed by atoms with Gasteiger partial charge in [0, 0.05) is 48.2 Å². The topological polar surface area (TPSA) is 63.5 Å². The molecule has 2 N–H and O–H groups in total. The van der Waals surface area contributed by atoms with E-state index in [1.54, 1.807) is 0 Å². The number of halogens is 1. The van der Waals surface area contributed by atoms with E-state index in [0.29, 0.717) is 23.7 Å². The molecule has 5 nitrogen and oxygen atoms in total. The van der Waals surface area contributed by atoms with Gasteiger partial charge in [-0.25, -0.2) is 4.79 Å². The lowest BCUT2D eigenvalue weighted by Gasteiger charge is -2.12. The monoisotopic (exact) mass is 376 g/mol. The maximum atomic E-state index is 11.8. The van der Waals surface area contributed by atoms with E-state index in [1.165, 1.54) is 0 Å². The molecular formula is C20H25ClN2O3. The number of rotatable bonds is 7. The Morgan fingerprint density at radius 1 is 1.38 bits per heavy atom. The zero-order chi connectivity index (χ0) is 18.7. The van der Waals surface area contributed by atoms with Crippen molar-refractivity contribution in [3.05, 3.63) is 57.4 Å². The highest BCUT2D eigenvalue weighted by Crippen LogP contribution is 2.24. The second-order valence-corrected chi connectivity index (χ2v) is 7.25. The lowest BCUT2D eigenvalue weighted by atomic mass is 10.1. The maximum Gasteiger partial charge on any atom is 0.337 e. The normalized spacial score (nSPS) is 17.0. The number of aromatic carboxylic acids is 1. The molecule has 2 aromatic rings. The Labute approximate surface area is 158 Å². The summed E-state index contributed by atoms with van der Waals surface area (Å²) in [6.07, 6.45) is 2.39. The molecule has 0 bridgehead atoms. The number of hydrogen-bond donors (Lipinski definition) is 2. The van der Waals surface area contributed by atoms with E-state index in [0.717, 1.165) is 48.5 Å². The molecule has 26 heavy (non-hydrogen) atoms.